The molecule has 2 unspecified atom stereocenters. The number of aromatic nitrogens is 2. The quantitative estimate of drug-likeness (QED) is 0.791. The van der Waals surface area contributed by atoms with E-state index >= 15 is 0 Å². The Kier molecular flexibility index (Phi) is 5.69. The fourth-order valence-corrected chi connectivity index (χ4v) is 2.00. The van der Waals surface area contributed by atoms with Crippen LogP contribution in [0.15, 0.2) is 12.3 Å². The van der Waals surface area contributed by atoms with Crippen molar-refractivity contribution in [3.8, 4) is 0 Å². The molecule has 17 heavy (non-hydrogen) atoms. The lowest BCUT2D eigenvalue weighted by molar-refractivity contribution is 0.458. The second-order valence-corrected chi connectivity index (χ2v) is 5.47. The molecule has 0 fully saturated rings. The summed E-state index contributed by atoms with van der Waals surface area (Å²) in [7, 11) is 0. The van der Waals surface area contributed by atoms with Crippen LogP contribution < -0.4 is 5.73 Å². The van der Waals surface area contributed by atoms with Crippen LogP contribution in [-0.2, 0) is 6.42 Å². The first-order valence-corrected chi connectivity index (χ1v) is 6.82. The predicted molar refractivity (Wildman–Crippen MR) is 73.0 cm³/mol. The molecule has 2 N–H and O–H groups in total. The third-order valence-corrected chi connectivity index (χ3v) is 3.25. The number of nitrogens with two attached hydrogens (primary N) is 1. The Labute approximate surface area is 105 Å². The molecule has 0 radical (unpaired) electrons. The number of rotatable bonds is 7. The molecule has 1 aromatic rings. The van der Waals surface area contributed by atoms with Crippen molar-refractivity contribution in [1.82, 2.24) is 9.78 Å². The summed E-state index contributed by atoms with van der Waals surface area (Å²) in [6.45, 7) is 8.82. The molecule has 1 heterocycles. The molecular weight excluding hydrogens is 210 g/mol. The van der Waals surface area contributed by atoms with Gasteiger partial charge in [0.25, 0.3) is 0 Å². The molecule has 0 saturated carbocycles. The molecule has 0 bridgehead atoms. The minimum atomic E-state index is 0.309. The fraction of sp³-hybridized carbons (Fsp3) is 0.786. The lowest BCUT2D eigenvalue weighted by Crippen LogP contribution is -2.22. The van der Waals surface area contributed by atoms with Crippen molar-refractivity contribution in [3.05, 3.63) is 18.0 Å². The highest BCUT2D eigenvalue weighted by Gasteiger charge is 2.08. The lowest BCUT2D eigenvalue weighted by atomic mass is 10.00. The molecule has 3 nitrogen and oxygen atoms in total. The second kappa shape index (κ2) is 6.80. The topological polar surface area (TPSA) is 43.8 Å². The number of hydrogen-bond acceptors (Lipinski definition) is 2. The molecule has 0 aliphatic heterocycles. The first-order chi connectivity index (χ1) is 8.02. The minimum Gasteiger partial charge on any atom is -0.328 e. The van der Waals surface area contributed by atoms with E-state index in [2.05, 4.69) is 49.7 Å². The van der Waals surface area contributed by atoms with Crippen LogP contribution in [0.4, 0.5) is 0 Å². The summed E-state index contributed by atoms with van der Waals surface area (Å²) >= 11 is 0. The van der Waals surface area contributed by atoms with Crippen LogP contribution in [0.3, 0.4) is 0 Å². The fourth-order valence-electron chi connectivity index (χ4n) is 2.00. The van der Waals surface area contributed by atoms with E-state index in [0.29, 0.717) is 18.0 Å². The molecule has 0 spiro atoms. The van der Waals surface area contributed by atoms with Gasteiger partial charge in [0.15, 0.2) is 0 Å². The van der Waals surface area contributed by atoms with Gasteiger partial charge in [0.2, 0.25) is 0 Å². The van der Waals surface area contributed by atoms with Crippen molar-refractivity contribution in [2.75, 3.05) is 0 Å². The van der Waals surface area contributed by atoms with Crippen LogP contribution in [0, 0.1) is 5.92 Å². The summed E-state index contributed by atoms with van der Waals surface area (Å²) in [6, 6.07) is 2.92. The van der Waals surface area contributed by atoms with Gasteiger partial charge in [-0.3, -0.25) is 4.68 Å². The number of hydrogen-bond donors (Lipinski definition) is 1. The van der Waals surface area contributed by atoms with E-state index in [0.717, 1.165) is 25.7 Å². The summed E-state index contributed by atoms with van der Waals surface area (Å²) in [5, 5.41) is 4.59. The van der Waals surface area contributed by atoms with E-state index in [9.17, 15) is 0 Å². The van der Waals surface area contributed by atoms with Gasteiger partial charge < -0.3 is 5.73 Å². The van der Waals surface area contributed by atoms with Crippen LogP contribution in [-0.4, -0.2) is 15.8 Å². The molecule has 2 atom stereocenters. The third-order valence-electron chi connectivity index (χ3n) is 3.25. The molecule has 0 aliphatic carbocycles. The molecule has 0 saturated heterocycles. The highest BCUT2D eigenvalue weighted by molar-refractivity contribution is 5.00. The molecule has 0 amide bonds. The molecule has 0 aliphatic rings. The molecule has 98 valence electrons. The van der Waals surface area contributed by atoms with Gasteiger partial charge in [-0.05, 0) is 44.6 Å². The monoisotopic (exact) mass is 237 g/mol. The predicted octanol–water partition coefficient (Wildman–Crippen LogP) is 3.16. The Balaban J connectivity index is 2.39. The van der Waals surface area contributed by atoms with E-state index in [1.54, 1.807) is 0 Å². The second-order valence-electron chi connectivity index (χ2n) is 5.47. The van der Waals surface area contributed by atoms with Crippen molar-refractivity contribution in [2.24, 2.45) is 11.7 Å². The van der Waals surface area contributed by atoms with Crippen LogP contribution >= 0.6 is 0 Å². The van der Waals surface area contributed by atoms with Crippen LogP contribution in [0.2, 0.25) is 0 Å². The largest absolute Gasteiger partial charge is 0.328 e. The van der Waals surface area contributed by atoms with E-state index in [4.69, 9.17) is 5.73 Å². The summed E-state index contributed by atoms with van der Waals surface area (Å²) in [4.78, 5) is 0. The van der Waals surface area contributed by atoms with Gasteiger partial charge >= 0.3 is 0 Å². The van der Waals surface area contributed by atoms with Crippen molar-refractivity contribution >= 4 is 0 Å². The first kappa shape index (κ1) is 14.2. The van der Waals surface area contributed by atoms with Gasteiger partial charge in [0.05, 0.1) is 5.69 Å². The van der Waals surface area contributed by atoms with Crippen LogP contribution in [0.1, 0.15) is 58.7 Å². The van der Waals surface area contributed by atoms with E-state index in [-0.39, 0.29) is 0 Å². The van der Waals surface area contributed by atoms with E-state index < -0.39 is 0 Å². The van der Waals surface area contributed by atoms with Crippen LogP contribution in [0.25, 0.3) is 0 Å². The van der Waals surface area contributed by atoms with E-state index in [1.807, 2.05) is 0 Å². The van der Waals surface area contributed by atoms with Gasteiger partial charge in [-0.1, -0.05) is 20.8 Å². The summed E-state index contributed by atoms with van der Waals surface area (Å²) < 4.78 is 2.06. The SMILES string of the molecule is CCC(C)n1ccc(CCC(N)CC(C)C)n1. The molecule has 1 aromatic heterocycles. The highest BCUT2D eigenvalue weighted by Crippen LogP contribution is 2.12. The van der Waals surface area contributed by atoms with Crippen molar-refractivity contribution in [1.29, 1.82) is 0 Å². The maximum absolute atomic E-state index is 6.08. The average molecular weight is 237 g/mol. The van der Waals surface area contributed by atoms with Gasteiger partial charge in [-0.15, -0.1) is 0 Å². The lowest BCUT2D eigenvalue weighted by Gasteiger charge is -2.13. The Morgan fingerprint density at radius 1 is 1.35 bits per heavy atom. The molecule has 3 heteroatoms. The van der Waals surface area contributed by atoms with E-state index in [1.165, 1.54) is 5.69 Å². The van der Waals surface area contributed by atoms with Crippen molar-refractivity contribution in [2.45, 2.75) is 65.5 Å². The van der Waals surface area contributed by atoms with Crippen molar-refractivity contribution in [3.63, 3.8) is 0 Å². The summed E-state index contributed by atoms with van der Waals surface area (Å²) in [5.74, 6) is 0.683. The smallest absolute Gasteiger partial charge is 0.0625 e. The normalized spacial score (nSPS) is 15.2. The molecule has 1 rings (SSSR count). The molecule has 0 aromatic carbocycles. The maximum Gasteiger partial charge on any atom is 0.0625 e. The molecular formula is C14H27N3. The maximum atomic E-state index is 6.08. The van der Waals surface area contributed by atoms with Gasteiger partial charge in [0, 0.05) is 18.3 Å². The average Bonchev–Trinajstić information content (AvgIpc) is 2.73. The summed E-state index contributed by atoms with van der Waals surface area (Å²) in [6.07, 6.45) is 6.34. The first-order valence-electron chi connectivity index (χ1n) is 6.82. The number of nitrogens with zero attached hydrogens (tertiary/aromatic N) is 2. The summed E-state index contributed by atoms with van der Waals surface area (Å²) in [5.41, 5.74) is 7.25. The zero-order valence-corrected chi connectivity index (χ0v) is 11.7. The van der Waals surface area contributed by atoms with Gasteiger partial charge in [-0.2, -0.15) is 5.10 Å². The Morgan fingerprint density at radius 3 is 2.65 bits per heavy atom. The Bertz CT molecular complexity index is 317. The highest BCUT2D eigenvalue weighted by atomic mass is 15.3. The number of aryl methyl sites for hydroxylation is 1. The zero-order valence-electron chi connectivity index (χ0n) is 11.7. The van der Waals surface area contributed by atoms with Crippen LogP contribution in [0.5, 0.6) is 0 Å². The minimum absolute atomic E-state index is 0.309. The Morgan fingerprint density at radius 2 is 2.06 bits per heavy atom. The van der Waals surface area contributed by atoms with Crippen molar-refractivity contribution < 1.29 is 0 Å². The zero-order chi connectivity index (χ0) is 12.8. The third kappa shape index (κ3) is 4.90. The van der Waals surface area contributed by atoms with Gasteiger partial charge in [0.1, 0.15) is 0 Å². The Hall–Kier alpha value is -0.830. The van der Waals surface area contributed by atoms with Gasteiger partial charge in [-0.25, -0.2) is 0 Å². The standard InChI is InChI=1S/C14H27N3/c1-5-12(4)17-9-8-14(16-17)7-6-13(15)10-11(2)3/h8-9,11-13H,5-7,10,15H2,1-4H3.